The lowest BCUT2D eigenvalue weighted by molar-refractivity contribution is -0.144. The van der Waals surface area contributed by atoms with E-state index in [1.807, 2.05) is 11.8 Å². The number of nitrogens with zero attached hydrogens (tertiary/aromatic N) is 6. The van der Waals surface area contributed by atoms with Gasteiger partial charge in [-0.15, -0.1) is 0 Å². The molecule has 4 atom stereocenters. The van der Waals surface area contributed by atoms with Gasteiger partial charge < -0.3 is 36.2 Å². The molecule has 3 aliphatic heterocycles. The minimum atomic E-state index is -1.05. The SMILES string of the molecule is CC(=O)C1(C2CCCCC2)CCN(C(=O)[C@@H](Cc2ccc(F)cc2)NC(=O)C2CNCC(C)N2)CC1.CC(=O)C1(C2CCCCC2)CCN(C(=O)[C@@H](Cc2ccc(F)cc2)NC(=O)c2cncc(C)n2)CC1.Cc1cncc(C(=O)O)n1. The molecule has 4 amide bonds. The predicted molar refractivity (Wildman–Crippen MR) is 304 cm³/mol. The average Bonchev–Trinajstić information content (AvgIpc) is 3.24. The van der Waals surface area contributed by atoms with Crippen molar-refractivity contribution < 1.29 is 47.4 Å². The molecule has 0 spiro atoms. The van der Waals surface area contributed by atoms with E-state index >= 15 is 0 Å². The Bertz CT molecular complexity index is 2830. The number of Topliss-reactive ketones (excluding diaryl/α,β-unsaturated/α-hetero) is 2. The summed E-state index contributed by atoms with van der Waals surface area (Å²) in [6.07, 6.45) is 20.3. The van der Waals surface area contributed by atoms with Crippen LogP contribution in [0.4, 0.5) is 8.78 Å². The summed E-state index contributed by atoms with van der Waals surface area (Å²) in [6.45, 7) is 12.1. The third-order valence-electron chi connectivity index (χ3n) is 17.6. The maximum absolute atomic E-state index is 13.7. The van der Waals surface area contributed by atoms with E-state index in [4.69, 9.17) is 5.11 Å². The molecule has 2 aromatic heterocycles. The maximum Gasteiger partial charge on any atom is 0.356 e. The topological polar surface area (TPSA) is 246 Å². The number of amides is 4. The molecule has 5 fully saturated rings. The summed E-state index contributed by atoms with van der Waals surface area (Å²) in [5, 5.41) is 20.8. The highest BCUT2D eigenvalue weighted by Crippen LogP contribution is 2.48. The minimum absolute atomic E-state index is 0.0139. The van der Waals surface area contributed by atoms with Crippen LogP contribution in [0.5, 0.6) is 0 Å². The number of hydrogen-bond acceptors (Lipinski definition) is 13. The van der Waals surface area contributed by atoms with Gasteiger partial charge in [-0.05, 0) is 133 Å². The lowest BCUT2D eigenvalue weighted by Gasteiger charge is -2.47. The summed E-state index contributed by atoms with van der Waals surface area (Å²) in [7, 11) is 0. The van der Waals surface area contributed by atoms with Crippen molar-refractivity contribution in [2.75, 3.05) is 39.3 Å². The van der Waals surface area contributed by atoms with Crippen LogP contribution in [0.15, 0.2) is 73.3 Å². The van der Waals surface area contributed by atoms with E-state index in [-0.39, 0.29) is 82.0 Å². The molecule has 82 heavy (non-hydrogen) atoms. The van der Waals surface area contributed by atoms with E-state index in [2.05, 4.69) is 41.2 Å². The Labute approximate surface area is 480 Å². The van der Waals surface area contributed by atoms with Crippen LogP contribution in [0.25, 0.3) is 0 Å². The number of benzene rings is 2. The van der Waals surface area contributed by atoms with E-state index < -0.39 is 30.0 Å². The second-order valence-electron chi connectivity index (χ2n) is 23.2. The summed E-state index contributed by atoms with van der Waals surface area (Å²) in [6, 6.07) is 10.1. The van der Waals surface area contributed by atoms with E-state index in [0.29, 0.717) is 81.6 Å². The van der Waals surface area contributed by atoms with Gasteiger partial charge in [0.05, 0.1) is 29.8 Å². The van der Waals surface area contributed by atoms with Gasteiger partial charge in [0, 0.05) is 81.4 Å². The molecule has 2 aliphatic carbocycles. The van der Waals surface area contributed by atoms with Crippen LogP contribution < -0.4 is 21.3 Å². The van der Waals surface area contributed by atoms with Crippen LogP contribution in [0.2, 0.25) is 0 Å². The third kappa shape index (κ3) is 16.6. The highest BCUT2D eigenvalue weighted by Gasteiger charge is 2.48. The second kappa shape index (κ2) is 29.4. The fourth-order valence-electron chi connectivity index (χ4n) is 12.9. The largest absolute Gasteiger partial charge is 0.476 e. The number of aromatic carboxylic acids is 1. The Morgan fingerprint density at radius 1 is 0.610 bits per heavy atom. The van der Waals surface area contributed by atoms with Gasteiger partial charge in [0.15, 0.2) is 5.69 Å². The van der Waals surface area contributed by atoms with E-state index in [1.54, 1.807) is 63.1 Å². The highest BCUT2D eigenvalue weighted by atomic mass is 19.1. The van der Waals surface area contributed by atoms with Crippen molar-refractivity contribution in [1.82, 2.24) is 51.0 Å². The van der Waals surface area contributed by atoms with E-state index in [9.17, 15) is 42.3 Å². The molecular weight excluding hydrogens is 1050 g/mol. The zero-order chi connectivity index (χ0) is 59.0. The average molecular weight is 1130 g/mol. The van der Waals surface area contributed by atoms with Gasteiger partial charge in [-0.3, -0.25) is 38.7 Å². The van der Waals surface area contributed by atoms with Gasteiger partial charge in [-0.25, -0.2) is 23.5 Å². The molecule has 2 aromatic carbocycles. The van der Waals surface area contributed by atoms with Crippen molar-refractivity contribution in [2.45, 2.75) is 162 Å². The van der Waals surface area contributed by atoms with Gasteiger partial charge >= 0.3 is 5.97 Å². The van der Waals surface area contributed by atoms with Gasteiger partial charge in [0.1, 0.15) is 41.0 Å². The number of carboxylic acid groups (broad SMARTS) is 1. The molecule has 9 rings (SSSR count). The molecule has 442 valence electrons. The van der Waals surface area contributed by atoms with Crippen LogP contribution in [0.1, 0.15) is 154 Å². The Morgan fingerprint density at radius 3 is 1.41 bits per heavy atom. The van der Waals surface area contributed by atoms with Crippen molar-refractivity contribution in [3.8, 4) is 0 Å². The lowest BCUT2D eigenvalue weighted by Crippen LogP contribution is -2.62. The molecule has 0 bridgehead atoms. The number of hydrogen-bond donors (Lipinski definition) is 5. The van der Waals surface area contributed by atoms with E-state index in [1.165, 1.54) is 68.5 Å². The number of piperidine rings is 2. The summed E-state index contributed by atoms with van der Waals surface area (Å²) >= 11 is 0. The van der Waals surface area contributed by atoms with Crippen molar-refractivity contribution in [3.63, 3.8) is 0 Å². The number of halogens is 2. The zero-order valence-electron chi connectivity index (χ0n) is 48.2. The highest BCUT2D eigenvalue weighted by molar-refractivity contribution is 5.96. The van der Waals surface area contributed by atoms with Crippen LogP contribution in [-0.4, -0.2) is 139 Å². The molecule has 2 saturated carbocycles. The first-order chi connectivity index (χ1) is 39.3. The van der Waals surface area contributed by atoms with Crippen LogP contribution in [0.3, 0.4) is 0 Å². The molecule has 20 heteroatoms. The van der Waals surface area contributed by atoms with Gasteiger partial charge in [0.2, 0.25) is 17.7 Å². The molecule has 5 heterocycles. The molecule has 5 aliphatic rings. The van der Waals surface area contributed by atoms with Crippen LogP contribution in [0, 0.1) is 48.1 Å². The minimum Gasteiger partial charge on any atom is -0.476 e. The Morgan fingerprint density at radius 2 is 1.02 bits per heavy atom. The normalized spacial score (nSPS) is 20.7. The van der Waals surface area contributed by atoms with Crippen LogP contribution in [-0.2, 0) is 36.8 Å². The van der Waals surface area contributed by atoms with Crippen molar-refractivity contribution >= 4 is 41.2 Å². The molecular formula is C62H82F2N10O8. The quantitative estimate of drug-likeness (QED) is 0.0797. The molecule has 5 N–H and O–H groups in total. The van der Waals surface area contributed by atoms with E-state index in [0.717, 1.165) is 56.2 Å². The van der Waals surface area contributed by atoms with Gasteiger partial charge in [-0.1, -0.05) is 62.8 Å². The molecule has 18 nitrogen and oxygen atoms in total. The van der Waals surface area contributed by atoms with Crippen LogP contribution >= 0.6 is 0 Å². The first kappa shape index (κ1) is 62.7. The summed E-state index contributed by atoms with van der Waals surface area (Å²) in [5.41, 5.74) is 2.17. The number of rotatable bonds is 15. The van der Waals surface area contributed by atoms with Crippen molar-refractivity contribution in [3.05, 3.63) is 119 Å². The molecule has 4 aromatic rings. The number of aromatic nitrogens is 4. The number of ketones is 2. The smallest absolute Gasteiger partial charge is 0.356 e. The molecule has 0 radical (unpaired) electrons. The zero-order valence-corrected chi connectivity index (χ0v) is 48.2. The Hall–Kier alpha value is -6.93. The molecule has 2 unspecified atom stereocenters. The van der Waals surface area contributed by atoms with Gasteiger partial charge in [0.25, 0.3) is 5.91 Å². The lowest BCUT2D eigenvalue weighted by atomic mass is 9.62. The van der Waals surface area contributed by atoms with Gasteiger partial charge in [-0.2, -0.15) is 0 Å². The first-order valence-electron chi connectivity index (χ1n) is 29.2. The number of likely N-dealkylation sites (tertiary alicyclic amines) is 2. The summed E-state index contributed by atoms with van der Waals surface area (Å²) < 4.78 is 26.9. The standard InChI is InChI=1S/C28H41FN4O3.C28H35FN4O3.C6H6N2O2/c2*1-19-17-30-18-25(31-19)26(35)32-24(16-21-8-10-23(29)11-9-21)27(36)33-14-12-28(13-15-33,20(2)34)22-6-4-3-5-7-22;1-4-2-7-3-5(8-4)6(9)10/h8-11,19,22,24-25,30-31H,3-7,12-18H2,1-2H3,(H,32,35);8-11,17-18,22,24H,3-7,12-16H2,1-2H3,(H,32,35);2-3H,1H3,(H,9,10)/t19?,24-,25?;24-;/m11./s1. The first-order valence-corrected chi connectivity index (χ1v) is 29.2. The number of aryl methyl sites for hydroxylation is 2. The summed E-state index contributed by atoms with van der Waals surface area (Å²) in [4.78, 5) is 109. The fraction of sp³-hybridized carbons (Fsp3) is 0.565. The number of carboxylic acids is 1. The number of carbonyl (C=O) groups excluding carboxylic acids is 6. The monoisotopic (exact) mass is 1130 g/mol. The Balaban J connectivity index is 0.000000202. The fourth-order valence-corrected chi connectivity index (χ4v) is 12.9. The summed E-state index contributed by atoms with van der Waals surface area (Å²) in [5.74, 6) is -1.50. The number of piperazine rings is 1. The molecule has 3 saturated heterocycles. The second-order valence-corrected chi connectivity index (χ2v) is 23.2. The number of nitrogens with one attached hydrogen (secondary N) is 4. The van der Waals surface area contributed by atoms with Crippen molar-refractivity contribution in [1.29, 1.82) is 0 Å². The predicted octanol–water partition coefficient (Wildman–Crippen LogP) is 7.11. The maximum atomic E-state index is 13.7. The number of carbonyl (C=O) groups is 7. The van der Waals surface area contributed by atoms with Crippen molar-refractivity contribution in [2.24, 2.45) is 22.7 Å². The third-order valence-corrected chi connectivity index (χ3v) is 17.6. The Kier molecular flexibility index (Phi) is 22.4.